The first-order valence-corrected chi connectivity index (χ1v) is 6.99. The molecule has 9 nitrogen and oxygen atoms in total. The van der Waals surface area contributed by atoms with E-state index in [2.05, 4.69) is 35.9 Å². The van der Waals surface area contributed by atoms with Crippen molar-refractivity contribution in [3.63, 3.8) is 0 Å². The minimum atomic E-state index is -0.331. The lowest BCUT2D eigenvalue weighted by Gasteiger charge is -2.05. The molecule has 2 amide bonds. The Hall–Kier alpha value is -3.23. The Morgan fingerprint density at radius 3 is 2.96 bits per heavy atom. The average molecular weight is 314 g/mol. The molecule has 0 saturated heterocycles. The predicted molar refractivity (Wildman–Crippen MR) is 89.5 cm³/mol. The van der Waals surface area contributed by atoms with E-state index in [4.69, 9.17) is 5.73 Å². The number of carbonyl (C=O) groups is 1. The zero-order valence-corrected chi connectivity index (χ0v) is 12.9. The molecule has 0 unspecified atom stereocenters. The monoisotopic (exact) mass is 314 g/mol. The topological polar surface area (TPSA) is 130 Å². The predicted octanol–water partition coefficient (Wildman–Crippen LogP) is 0.888. The number of carbonyl (C=O) groups excluding carboxylic acids is 1. The van der Waals surface area contributed by atoms with Gasteiger partial charge >= 0.3 is 6.03 Å². The number of fused-ring (bicyclic) bond motifs is 1. The molecule has 0 aromatic carbocycles. The third-order valence-electron chi connectivity index (χ3n) is 2.64. The summed E-state index contributed by atoms with van der Waals surface area (Å²) in [7, 11) is 1.76. The summed E-state index contributed by atoms with van der Waals surface area (Å²) in [6.45, 7) is 2.35. The van der Waals surface area contributed by atoms with Crippen molar-refractivity contribution in [3.8, 4) is 0 Å². The van der Waals surface area contributed by atoms with Gasteiger partial charge in [0, 0.05) is 13.6 Å². The lowest BCUT2D eigenvalue weighted by Crippen LogP contribution is -2.28. The molecule has 0 radical (unpaired) electrons. The third-order valence-corrected chi connectivity index (χ3v) is 2.64. The molecule has 0 aliphatic heterocycles. The van der Waals surface area contributed by atoms with Crippen LogP contribution in [0.3, 0.4) is 0 Å². The van der Waals surface area contributed by atoms with Gasteiger partial charge in [0.2, 0.25) is 0 Å². The summed E-state index contributed by atoms with van der Waals surface area (Å²) in [5.41, 5.74) is 6.69. The summed E-state index contributed by atoms with van der Waals surface area (Å²) in [4.78, 5) is 28.4. The van der Waals surface area contributed by atoms with Gasteiger partial charge in [0.25, 0.3) is 0 Å². The molecular formula is C14H18N8O. The summed E-state index contributed by atoms with van der Waals surface area (Å²) in [6.07, 6.45) is 4.76. The molecule has 2 aromatic rings. The molecule has 120 valence electrons. The van der Waals surface area contributed by atoms with Crippen LogP contribution in [-0.4, -0.2) is 40.4 Å². The van der Waals surface area contributed by atoms with Crippen LogP contribution < -0.4 is 21.7 Å². The summed E-state index contributed by atoms with van der Waals surface area (Å²) >= 11 is 0. The van der Waals surface area contributed by atoms with Crippen molar-refractivity contribution in [1.82, 2.24) is 25.6 Å². The first-order chi connectivity index (χ1) is 11.1. The van der Waals surface area contributed by atoms with E-state index in [1.807, 2.05) is 6.92 Å². The van der Waals surface area contributed by atoms with Crippen molar-refractivity contribution in [3.05, 3.63) is 30.6 Å². The number of hydrogen-bond donors (Lipinski definition) is 4. The van der Waals surface area contributed by atoms with Gasteiger partial charge in [-0.2, -0.15) is 0 Å². The summed E-state index contributed by atoms with van der Waals surface area (Å²) in [5.74, 6) is 0.991. The molecule has 23 heavy (non-hydrogen) atoms. The SMILES string of the molecule is CCNC(=O)Nc1ccc2ncc(/N=C(N)\C=C/NC)nc2n1. The van der Waals surface area contributed by atoms with E-state index in [0.29, 0.717) is 29.3 Å². The second-order valence-electron chi connectivity index (χ2n) is 4.41. The highest BCUT2D eigenvalue weighted by atomic mass is 16.2. The fourth-order valence-electron chi connectivity index (χ4n) is 1.67. The van der Waals surface area contributed by atoms with Crippen LogP contribution in [0.15, 0.2) is 35.6 Å². The molecule has 0 spiro atoms. The molecule has 0 atom stereocenters. The van der Waals surface area contributed by atoms with Gasteiger partial charge in [-0.1, -0.05) is 0 Å². The molecule has 2 heterocycles. The van der Waals surface area contributed by atoms with Gasteiger partial charge in [-0.05, 0) is 31.3 Å². The van der Waals surface area contributed by atoms with Crippen molar-refractivity contribution in [2.75, 3.05) is 18.9 Å². The minimum absolute atomic E-state index is 0.282. The zero-order chi connectivity index (χ0) is 16.7. The van der Waals surface area contributed by atoms with Crippen LogP contribution in [0.2, 0.25) is 0 Å². The average Bonchev–Trinajstić information content (AvgIpc) is 2.52. The maximum absolute atomic E-state index is 11.5. The molecule has 0 aliphatic rings. The first kappa shape index (κ1) is 16.1. The Balaban J connectivity index is 2.26. The van der Waals surface area contributed by atoms with Crippen LogP contribution in [-0.2, 0) is 0 Å². The maximum Gasteiger partial charge on any atom is 0.320 e. The number of amidine groups is 1. The summed E-state index contributed by atoms with van der Waals surface area (Å²) in [6, 6.07) is 3.04. The van der Waals surface area contributed by atoms with Crippen molar-refractivity contribution < 1.29 is 4.79 Å². The number of nitrogens with zero attached hydrogens (tertiary/aromatic N) is 4. The molecule has 0 bridgehead atoms. The van der Waals surface area contributed by atoms with E-state index in [1.54, 1.807) is 31.5 Å². The van der Waals surface area contributed by atoms with Crippen LogP contribution in [0.25, 0.3) is 11.2 Å². The van der Waals surface area contributed by atoms with E-state index in [0.717, 1.165) is 0 Å². The van der Waals surface area contributed by atoms with Crippen LogP contribution in [0.4, 0.5) is 16.4 Å². The molecule has 0 aliphatic carbocycles. The van der Waals surface area contributed by atoms with Crippen molar-refractivity contribution in [2.24, 2.45) is 10.7 Å². The Morgan fingerprint density at radius 1 is 1.39 bits per heavy atom. The number of nitrogens with two attached hydrogens (primary N) is 1. The normalized spacial score (nSPS) is 11.7. The highest BCUT2D eigenvalue weighted by Gasteiger charge is 2.05. The molecule has 9 heteroatoms. The van der Waals surface area contributed by atoms with Crippen molar-refractivity contribution in [1.29, 1.82) is 0 Å². The largest absolute Gasteiger partial charge is 0.394 e. The van der Waals surface area contributed by atoms with Gasteiger partial charge in [-0.15, -0.1) is 0 Å². The number of amides is 2. The summed E-state index contributed by atoms with van der Waals surface area (Å²) in [5, 5.41) is 8.05. The van der Waals surface area contributed by atoms with E-state index < -0.39 is 0 Å². The number of aliphatic imine (C=N–C) groups is 1. The standard InChI is InChI=1S/C14H18N8O/c1-3-17-14(23)22-11-5-4-9-13(20-11)21-12(8-18-9)19-10(15)6-7-16-2/h4-8,16H,3H2,1-2H3,(H4,15,17,19,20,21,22,23)/b7-6-. The van der Waals surface area contributed by atoms with Gasteiger partial charge in [-0.3, -0.25) is 5.32 Å². The van der Waals surface area contributed by atoms with Gasteiger partial charge in [-0.25, -0.2) is 24.7 Å². The van der Waals surface area contributed by atoms with E-state index >= 15 is 0 Å². The number of anilines is 1. The maximum atomic E-state index is 11.5. The van der Waals surface area contributed by atoms with Gasteiger partial charge in [0.05, 0.1) is 6.20 Å². The highest BCUT2D eigenvalue weighted by molar-refractivity contribution is 5.93. The Labute approximate surface area is 133 Å². The van der Waals surface area contributed by atoms with Crippen LogP contribution >= 0.6 is 0 Å². The number of urea groups is 1. The van der Waals surface area contributed by atoms with Crippen molar-refractivity contribution >= 4 is 34.7 Å². The lowest BCUT2D eigenvalue weighted by molar-refractivity contribution is 0.252. The molecule has 5 N–H and O–H groups in total. The molecular weight excluding hydrogens is 296 g/mol. The van der Waals surface area contributed by atoms with Gasteiger partial charge < -0.3 is 16.4 Å². The molecule has 0 fully saturated rings. The van der Waals surface area contributed by atoms with Gasteiger partial charge in [0.15, 0.2) is 11.5 Å². The smallest absolute Gasteiger partial charge is 0.320 e. The van der Waals surface area contributed by atoms with Crippen LogP contribution in [0.1, 0.15) is 6.92 Å². The molecule has 2 rings (SSSR count). The fourth-order valence-corrected chi connectivity index (χ4v) is 1.67. The third kappa shape index (κ3) is 4.63. The zero-order valence-electron chi connectivity index (χ0n) is 12.9. The summed E-state index contributed by atoms with van der Waals surface area (Å²) < 4.78 is 0. The molecule has 0 saturated carbocycles. The number of rotatable bonds is 5. The van der Waals surface area contributed by atoms with Gasteiger partial charge in [0.1, 0.15) is 17.2 Å². The number of aromatic nitrogens is 3. The minimum Gasteiger partial charge on any atom is -0.394 e. The van der Waals surface area contributed by atoms with E-state index in [1.165, 1.54) is 6.20 Å². The Bertz CT molecular complexity index is 756. The van der Waals surface area contributed by atoms with Crippen LogP contribution in [0.5, 0.6) is 0 Å². The van der Waals surface area contributed by atoms with E-state index in [-0.39, 0.29) is 11.9 Å². The number of pyridine rings is 1. The first-order valence-electron chi connectivity index (χ1n) is 6.99. The Morgan fingerprint density at radius 2 is 2.22 bits per heavy atom. The molecule has 2 aromatic heterocycles. The second kappa shape index (κ2) is 7.69. The number of nitrogens with one attached hydrogen (secondary N) is 3. The quantitative estimate of drug-likeness (QED) is 0.479. The number of hydrogen-bond acceptors (Lipinski definition) is 6. The second-order valence-corrected chi connectivity index (χ2v) is 4.41. The fraction of sp³-hybridized carbons (Fsp3) is 0.214. The van der Waals surface area contributed by atoms with Crippen molar-refractivity contribution in [2.45, 2.75) is 6.92 Å². The Kier molecular flexibility index (Phi) is 5.40. The lowest BCUT2D eigenvalue weighted by atomic mass is 10.4. The highest BCUT2D eigenvalue weighted by Crippen LogP contribution is 2.15. The van der Waals surface area contributed by atoms with E-state index in [9.17, 15) is 4.79 Å². The van der Waals surface area contributed by atoms with Crippen LogP contribution in [0, 0.1) is 0 Å².